The smallest absolute Gasteiger partial charge is 0.223 e. The number of hydrogen-bond acceptors (Lipinski definition) is 2. The molecule has 4 aliphatic carbocycles. The first-order valence-corrected chi connectivity index (χ1v) is 9.06. The van der Waals surface area contributed by atoms with Gasteiger partial charge in [0.25, 0.3) is 0 Å². The predicted molar refractivity (Wildman–Crippen MR) is 90.8 cm³/mol. The zero-order valence-corrected chi connectivity index (χ0v) is 14.6. The molecule has 4 heteroatoms. The molecule has 2 N–H and O–H groups in total. The maximum absolute atomic E-state index is 12.9. The van der Waals surface area contributed by atoms with Crippen LogP contribution in [0.5, 0.6) is 0 Å². The molecule has 2 unspecified atom stereocenters. The fraction of sp³-hybridized carbons (Fsp3) is 0.944. The van der Waals surface area contributed by atoms with E-state index in [1.54, 1.807) is 0 Å². The molecule has 1 heterocycles. The van der Waals surface area contributed by atoms with Crippen molar-refractivity contribution in [1.29, 1.82) is 0 Å². The average Bonchev–Trinajstić information content (AvgIpc) is 2.78. The predicted octanol–water partition coefficient (Wildman–Crippen LogP) is 3.21. The van der Waals surface area contributed by atoms with Gasteiger partial charge in [-0.25, -0.2) is 0 Å². The molecule has 5 fully saturated rings. The van der Waals surface area contributed by atoms with Crippen LogP contribution in [0.15, 0.2) is 0 Å². The van der Waals surface area contributed by atoms with E-state index in [1.165, 1.54) is 38.5 Å². The highest BCUT2D eigenvalue weighted by atomic mass is 35.5. The van der Waals surface area contributed by atoms with Gasteiger partial charge >= 0.3 is 0 Å². The van der Waals surface area contributed by atoms with E-state index < -0.39 is 0 Å². The average molecular weight is 327 g/mol. The summed E-state index contributed by atoms with van der Waals surface area (Å²) in [5.74, 6) is 3.78. The van der Waals surface area contributed by atoms with Crippen LogP contribution in [0, 0.1) is 29.1 Å². The molecule has 0 radical (unpaired) electrons. The van der Waals surface area contributed by atoms with E-state index in [0.717, 1.165) is 43.7 Å². The number of carbonyl (C=O) groups excluding carboxylic acids is 1. The van der Waals surface area contributed by atoms with Gasteiger partial charge < -0.3 is 10.6 Å². The fourth-order valence-corrected chi connectivity index (χ4v) is 6.59. The van der Waals surface area contributed by atoms with Crippen molar-refractivity contribution in [1.82, 2.24) is 4.90 Å². The number of rotatable bonds is 3. The number of halogens is 1. The van der Waals surface area contributed by atoms with Gasteiger partial charge in [-0.1, -0.05) is 0 Å². The van der Waals surface area contributed by atoms with Crippen molar-refractivity contribution in [3.8, 4) is 0 Å². The molecule has 5 rings (SSSR count). The number of carbonyl (C=O) groups is 1. The van der Waals surface area contributed by atoms with E-state index in [4.69, 9.17) is 5.73 Å². The minimum absolute atomic E-state index is 0. The van der Waals surface area contributed by atoms with Crippen molar-refractivity contribution in [2.75, 3.05) is 13.1 Å². The second kappa shape index (κ2) is 5.98. The van der Waals surface area contributed by atoms with Gasteiger partial charge in [0.05, 0.1) is 0 Å². The Labute approximate surface area is 140 Å². The van der Waals surface area contributed by atoms with Gasteiger partial charge in [-0.05, 0) is 87.5 Å². The normalized spacial score (nSPS) is 45.9. The Morgan fingerprint density at radius 1 is 1.09 bits per heavy atom. The molecule has 1 aliphatic heterocycles. The summed E-state index contributed by atoms with van der Waals surface area (Å²) in [5.41, 5.74) is 6.19. The van der Waals surface area contributed by atoms with Crippen LogP contribution in [0.2, 0.25) is 0 Å². The molecule has 1 saturated heterocycles. The Hall–Kier alpha value is -0.280. The van der Waals surface area contributed by atoms with E-state index in [2.05, 4.69) is 11.8 Å². The molecule has 1 amide bonds. The molecular formula is C18H31ClN2O. The quantitative estimate of drug-likeness (QED) is 0.865. The number of nitrogens with zero attached hydrogens (tertiary/aromatic N) is 1. The summed E-state index contributed by atoms with van der Waals surface area (Å²) < 4.78 is 0. The molecule has 3 nitrogen and oxygen atoms in total. The van der Waals surface area contributed by atoms with Crippen molar-refractivity contribution in [3.05, 3.63) is 0 Å². The molecule has 2 atom stereocenters. The summed E-state index contributed by atoms with van der Waals surface area (Å²) in [6.07, 6.45) is 10.3. The van der Waals surface area contributed by atoms with Gasteiger partial charge in [-0.15, -0.1) is 12.4 Å². The van der Waals surface area contributed by atoms with Gasteiger partial charge in [0.2, 0.25) is 5.91 Å². The topological polar surface area (TPSA) is 46.3 Å². The third kappa shape index (κ3) is 2.80. The summed E-state index contributed by atoms with van der Waals surface area (Å²) in [6.45, 7) is 3.83. The van der Waals surface area contributed by atoms with E-state index in [9.17, 15) is 4.79 Å². The van der Waals surface area contributed by atoms with Crippen molar-refractivity contribution in [2.24, 2.45) is 34.8 Å². The lowest BCUT2D eigenvalue weighted by Crippen LogP contribution is -2.48. The van der Waals surface area contributed by atoms with Crippen LogP contribution in [-0.2, 0) is 4.79 Å². The second-order valence-corrected chi connectivity index (χ2v) is 8.83. The lowest BCUT2D eigenvalue weighted by atomic mass is 9.49. The maximum Gasteiger partial charge on any atom is 0.223 e. The summed E-state index contributed by atoms with van der Waals surface area (Å²) in [6, 6.07) is 0.403. The van der Waals surface area contributed by atoms with Gasteiger partial charge in [0.15, 0.2) is 0 Å². The van der Waals surface area contributed by atoms with Crippen LogP contribution in [0.4, 0.5) is 0 Å². The zero-order chi connectivity index (χ0) is 14.6. The van der Waals surface area contributed by atoms with Crippen molar-refractivity contribution >= 4 is 18.3 Å². The maximum atomic E-state index is 12.9. The van der Waals surface area contributed by atoms with Crippen molar-refractivity contribution in [2.45, 2.75) is 64.3 Å². The molecule has 0 aromatic heterocycles. The minimum Gasteiger partial charge on any atom is -0.340 e. The molecule has 0 aromatic rings. The second-order valence-electron chi connectivity index (χ2n) is 8.83. The molecule has 5 aliphatic rings. The van der Waals surface area contributed by atoms with Crippen LogP contribution in [0.3, 0.4) is 0 Å². The first kappa shape index (κ1) is 16.6. The van der Waals surface area contributed by atoms with Crippen LogP contribution in [0.1, 0.15) is 58.3 Å². The minimum atomic E-state index is 0. The first-order valence-electron chi connectivity index (χ1n) is 9.06. The Bertz CT molecular complexity index is 404. The van der Waals surface area contributed by atoms with E-state index in [0.29, 0.717) is 23.3 Å². The summed E-state index contributed by atoms with van der Waals surface area (Å²) in [4.78, 5) is 15.0. The number of nitrogens with two attached hydrogens (primary N) is 1. The molecular weight excluding hydrogens is 296 g/mol. The molecule has 126 valence electrons. The zero-order valence-electron chi connectivity index (χ0n) is 13.8. The monoisotopic (exact) mass is 326 g/mol. The highest BCUT2D eigenvalue weighted by Crippen LogP contribution is 2.61. The highest BCUT2D eigenvalue weighted by Gasteiger charge is 2.52. The van der Waals surface area contributed by atoms with Gasteiger partial charge in [-0.3, -0.25) is 4.79 Å². The molecule has 0 aromatic carbocycles. The van der Waals surface area contributed by atoms with Crippen LogP contribution < -0.4 is 5.73 Å². The largest absolute Gasteiger partial charge is 0.340 e. The third-order valence-electron chi connectivity index (χ3n) is 7.01. The highest BCUT2D eigenvalue weighted by molar-refractivity contribution is 5.85. The number of amides is 1. The van der Waals surface area contributed by atoms with E-state index in [-0.39, 0.29) is 12.4 Å². The Morgan fingerprint density at radius 3 is 2.09 bits per heavy atom. The lowest BCUT2D eigenvalue weighted by molar-refractivity contribution is -0.140. The summed E-state index contributed by atoms with van der Waals surface area (Å²) in [5, 5.41) is 0. The van der Waals surface area contributed by atoms with Crippen LogP contribution in [0.25, 0.3) is 0 Å². The lowest BCUT2D eigenvalue weighted by Gasteiger charge is -2.57. The van der Waals surface area contributed by atoms with E-state index >= 15 is 0 Å². The first-order chi connectivity index (χ1) is 10.1. The van der Waals surface area contributed by atoms with Crippen LogP contribution >= 0.6 is 12.4 Å². The van der Waals surface area contributed by atoms with Gasteiger partial charge in [0.1, 0.15) is 0 Å². The summed E-state index contributed by atoms with van der Waals surface area (Å²) >= 11 is 0. The van der Waals surface area contributed by atoms with E-state index in [1.807, 2.05) is 0 Å². The summed E-state index contributed by atoms with van der Waals surface area (Å²) in [7, 11) is 0. The van der Waals surface area contributed by atoms with Gasteiger partial charge in [-0.2, -0.15) is 0 Å². The molecule has 4 bridgehead atoms. The van der Waals surface area contributed by atoms with Gasteiger partial charge in [0, 0.05) is 19.0 Å². The fourth-order valence-electron chi connectivity index (χ4n) is 6.59. The Balaban J connectivity index is 0.00000144. The Kier molecular flexibility index (Phi) is 4.50. The standard InChI is InChI=1S/C18H30N2O.ClH/c1-12-2-16(10-19)11-20(12)17(21)9-18-6-13-3-14(7-18)5-15(4-13)8-18;/h12-16H,2-11,19H2,1H3;1H. The van der Waals surface area contributed by atoms with Crippen molar-refractivity contribution in [3.63, 3.8) is 0 Å². The SMILES string of the molecule is CC1CC(CN)CN1C(=O)CC12CC3CC(CC(C3)C1)C2.Cl. The molecule has 22 heavy (non-hydrogen) atoms. The molecule has 4 saturated carbocycles. The van der Waals surface area contributed by atoms with Crippen molar-refractivity contribution < 1.29 is 4.79 Å². The number of hydrogen-bond donors (Lipinski definition) is 1. The van der Waals surface area contributed by atoms with Crippen LogP contribution in [-0.4, -0.2) is 29.9 Å². The third-order valence-corrected chi connectivity index (χ3v) is 7.01. The molecule has 0 spiro atoms. The number of likely N-dealkylation sites (tertiary alicyclic amines) is 1. The Morgan fingerprint density at radius 2 is 1.64 bits per heavy atom.